The minimum atomic E-state index is -2.26. The summed E-state index contributed by atoms with van der Waals surface area (Å²) in [6.45, 7) is 1.25. The van der Waals surface area contributed by atoms with Gasteiger partial charge in [0, 0.05) is 6.92 Å². The highest BCUT2D eigenvalue weighted by Gasteiger charge is 2.54. The molecule has 5 atom stereocenters. The van der Waals surface area contributed by atoms with Crippen LogP contribution in [0, 0.1) is 5.41 Å². The minimum absolute atomic E-state index is 0.0268. The van der Waals surface area contributed by atoms with E-state index in [4.69, 9.17) is 73.4 Å². The van der Waals surface area contributed by atoms with Crippen LogP contribution in [0.25, 0.3) is 0 Å². The standard InChI is InChI=1S/C26H28Cl3NO9/c1-15(31)37-22-20(36-13-16-7-5-4-6-8-16)19(35-14-17-9-11-18(33-2)12-10-17)21(23(32)34-3)38-24(22)39-25(30)26(27,28)29/h4-12,19-22,24,30H,13-14H2,1-3H3/t19-,20-,21+,22+,24?/m0/s1. The fourth-order valence-electron chi connectivity index (χ4n) is 3.76. The molecule has 0 spiro atoms. The van der Waals surface area contributed by atoms with E-state index in [0.29, 0.717) is 5.75 Å². The van der Waals surface area contributed by atoms with Crippen LogP contribution in [0.5, 0.6) is 5.75 Å². The second-order valence-electron chi connectivity index (χ2n) is 8.35. The summed E-state index contributed by atoms with van der Waals surface area (Å²) in [5.41, 5.74) is 1.54. The summed E-state index contributed by atoms with van der Waals surface area (Å²) in [5, 5.41) is 8.01. The van der Waals surface area contributed by atoms with Crippen LogP contribution >= 0.6 is 34.8 Å². The lowest BCUT2D eigenvalue weighted by Gasteiger charge is -2.44. The molecule has 0 bridgehead atoms. The summed E-state index contributed by atoms with van der Waals surface area (Å²) in [6.07, 6.45) is -6.62. The first-order valence-corrected chi connectivity index (χ1v) is 12.8. The lowest BCUT2D eigenvalue weighted by atomic mass is 9.97. The summed E-state index contributed by atoms with van der Waals surface area (Å²) in [5.74, 6) is -1.70. The Bertz CT molecular complexity index is 1110. The van der Waals surface area contributed by atoms with Gasteiger partial charge in [-0.1, -0.05) is 77.3 Å². The SMILES string of the molecule is COC(=O)[C@@H]1OC(OC(=N)C(Cl)(Cl)Cl)[C@H](OC(C)=O)[C@@H](OCc2ccccc2)[C@@H]1OCc1ccc(OC)cc1. The highest BCUT2D eigenvalue weighted by molar-refractivity contribution is 6.76. The number of benzene rings is 2. The maximum Gasteiger partial charge on any atom is 0.338 e. The Labute approximate surface area is 240 Å². The van der Waals surface area contributed by atoms with Gasteiger partial charge in [0.2, 0.25) is 12.2 Å². The molecule has 1 N–H and O–H groups in total. The number of hydrogen-bond donors (Lipinski definition) is 1. The molecule has 1 aliphatic heterocycles. The predicted molar refractivity (Wildman–Crippen MR) is 142 cm³/mol. The zero-order valence-corrected chi connectivity index (χ0v) is 23.6. The van der Waals surface area contributed by atoms with Gasteiger partial charge in [0.05, 0.1) is 27.4 Å². The largest absolute Gasteiger partial charge is 0.497 e. The molecule has 212 valence electrons. The zero-order valence-electron chi connectivity index (χ0n) is 21.3. The van der Waals surface area contributed by atoms with Crippen molar-refractivity contribution in [2.75, 3.05) is 14.2 Å². The Balaban J connectivity index is 1.98. The van der Waals surface area contributed by atoms with Crippen molar-refractivity contribution in [1.29, 1.82) is 5.41 Å². The van der Waals surface area contributed by atoms with E-state index < -0.39 is 52.3 Å². The normalized spacial score (nSPS) is 23.0. The molecular weight excluding hydrogens is 577 g/mol. The lowest BCUT2D eigenvalue weighted by molar-refractivity contribution is -0.297. The number of ether oxygens (including phenoxy) is 7. The summed E-state index contributed by atoms with van der Waals surface area (Å²) in [4.78, 5) is 25.0. The Kier molecular flexibility index (Phi) is 11.2. The number of halogens is 3. The van der Waals surface area contributed by atoms with E-state index in [0.717, 1.165) is 11.1 Å². The van der Waals surface area contributed by atoms with Crippen molar-refractivity contribution in [2.45, 2.75) is 54.6 Å². The molecule has 1 fully saturated rings. The molecule has 0 saturated carbocycles. The van der Waals surface area contributed by atoms with E-state index in [1.165, 1.54) is 14.0 Å². The topological polar surface area (TPSA) is 123 Å². The number of carbonyl (C=O) groups excluding carboxylic acids is 2. The quantitative estimate of drug-likeness (QED) is 0.182. The maximum absolute atomic E-state index is 12.9. The van der Waals surface area contributed by atoms with E-state index in [1.807, 2.05) is 30.3 Å². The van der Waals surface area contributed by atoms with Crippen molar-refractivity contribution in [3.8, 4) is 5.75 Å². The van der Waals surface area contributed by atoms with Gasteiger partial charge < -0.3 is 33.2 Å². The van der Waals surface area contributed by atoms with Crippen LogP contribution < -0.4 is 4.74 Å². The monoisotopic (exact) mass is 603 g/mol. The first-order chi connectivity index (χ1) is 18.5. The van der Waals surface area contributed by atoms with Crippen LogP contribution in [0.15, 0.2) is 54.6 Å². The van der Waals surface area contributed by atoms with Gasteiger partial charge in [-0.3, -0.25) is 10.2 Å². The van der Waals surface area contributed by atoms with Crippen LogP contribution in [0.3, 0.4) is 0 Å². The molecule has 1 aliphatic rings. The van der Waals surface area contributed by atoms with Crippen molar-refractivity contribution in [3.05, 3.63) is 65.7 Å². The molecule has 2 aromatic carbocycles. The minimum Gasteiger partial charge on any atom is -0.497 e. The average Bonchev–Trinajstić information content (AvgIpc) is 2.91. The van der Waals surface area contributed by atoms with Crippen molar-refractivity contribution in [3.63, 3.8) is 0 Å². The van der Waals surface area contributed by atoms with Gasteiger partial charge in [-0.05, 0) is 23.3 Å². The zero-order chi connectivity index (χ0) is 28.6. The van der Waals surface area contributed by atoms with E-state index in [2.05, 4.69) is 0 Å². The van der Waals surface area contributed by atoms with E-state index in [-0.39, 0.29) is 13.2 Å². The van der Waals surface area contributed by atoms with Crippen LogP contribution in [0.2, 0.25) is 0 Å². The summed E-state index contributed by atoms with van der Waals surface area (Å²) in [7, 11) is 2.72. The molecule has 3 rings (SSSR count). The van der Waals surface area contributed by atoms with E-state index in [1.54, 1.807) is 31.4 Å². The van der Waals surface area contributed by atoms with Crippen molar-refractivity contribution < 1.29 is 42.7 Å². The number of hydrogen-bond acceptors (Lipinski definition) is 10. The molecule has 0 radical (unpaired) electrons. The summed E-state index contributed by atoms with van der Waals surface area (Å²) < 4.78 is 37.0. The van der Waals surface area contributed by atoms with Crippen molar-refractivity contribution >= 4 is 52.6 Å². The molecule has 39 heavy (non-hydrogen) atoms. The van der Waals surface area contributed by atoms with Crippen molar-refractivity contribution in [1.82, 2.24) is 0 Å². The maximum atomic E-state index is 12.9. The highest BCUT2D eigenvalue weighted by Crippen LogP contribution is 2.34. The Morgan fingerprint density at radius 1 is 0.872 bits per heavy atom. The number of methoxy groups -OCH3 is 2. The second-order valence-corrected chi connectivity index (χ2v) is 10.6. The predicted octanol–water partition coefficient (Wildman–Crippen LogP) is 4.36. The third kappa shape index (κ3) is 8.69. The number of esters is 2. The van der Waals surface area contributed by atoms with E-state index >= 15 is 0 Å². The molecule has 0 aromatic heterocycles. The van der Waals surface area contributed by atoms with Crippen LogP contribution in [0.1, 0.15) is 18.1 Å². The molecular formula is C26H28Cl3NO9. The molecule has 10 nitrogen and oxygen atoms in total. The fourth-order valence-corrected chi connectivity index (χ4v) is 3.90. The van der Waals surface area contributed by atoms with Gasteiger partial charge in [0.25, 0.3) is 3.79 Å². The first-order valence-electron chi connectivity index (χ1n) is 11.7. The number of nitrogens with one attached hydrogen (secondary N) is 1. The van der Waals surface area contributed by atoms with Gasteiger partial charge in [0.1, 0.15) is 18.0 Å². The Hall–Kier alpha value is -2.60. The van der Waals surface area contributed by atoms with Crippen LogP contribution in [-0.4, -0.2) is 66.6 Å². The molecule has 1 heterocycles. The Morgan fingerprint density at radius 3 is 2.00 bits per heavy atom. The first kappa shape index (κ1) is 30.9. The van der Waals surface area contributed by atoms with Crippen molar-refractivity contribution in [2.24, 2.45) is 0 Å². The molecule has 1 unspecified atom stereocenters. The van der Waals surface area contributed by atoms with E-state index in [9.17, 15) is 9.59 Å². The van der Waals surface area contributed by atoms with Gasteiger partial charge in [0.15, 0.2) is 12.2 Å². The molecule has 0 aliphatic carbocycles. The third-order valence-electron chi connectivity index (χ3n) is 5.61. The Morgan fingerprint density at radius 2 is 1.46 bits per heavy atom. The van der Waals surface area contributed by atoms with Gasteiger partial charge >= 0.3 is 11.9 Å². The molecule has 13 heteroatoms. The fraction of sp³-hybridized carbons (Fsp3) is 0.423. The smallest absolute Gasteiger partial charge is 0.338 e. The number of carbonyl (C=O) groups is 2. The van der Waals surface area contributed by atoms with Gasteiger partial charge in [-0.2, -0.15) is 0 Å². The summed E-state index contributed by atoms with van der Waals surface area (Å²) in [6, 6.07) is 16.2. The number of rotatable bonds is 10. The number of alkyl halides is 3. The lowest BCUT2D eigenvalue weighted by Crippen LogP contribution is -2.63. The van der Waals surface area contributed by atoms with Gasteiger partial charge in [-0.25, -0.2) is 4.79 Å². The third-order valence-corrected chi connectivity index (χ3v) is 6.12. The molecule has 1 saturated heterocycles. The average molecular weight is 605 g/mol. The summed E-state index contributed by atoms with van der Waals surface area (Å²) >= 11 is 17.4. The van der Waals surface area contributed by atoms with Gasteiger partial charge in [-0.15, -0.1) is 0 Å². The van der Waals surface area contributed by atoms with Crippen LogP contribution in [0.4, 0.5) is 0 Å². The molecule has 2 aromatic rings. The molecule has 0 amide bonds. The second kappa shape index (κ2) is 14.2. The van der Waals surface area contributed by atoms with Crippen LogP contribution in [-0.2, 0) is 51.2 Å². The highest BCUT2D eigenvalue weighted by atomic mass is 35.6.